The zero-order chi connectivity index (χ0) is 39.7. The number of Topliss-reactive ketones (excluding diaryl/α,β-unsaturated/α-hetero) is 2. The lowest BCUT2D eigenvalue weighted by Gasteiger charge is -2.31. The highest BCUT2D eigenvalue weighted by Gasteiger charge is 2.43. The number of rotatable bonds is 8. The van der Waals surface area contributed by atoms with E-state index in [9.17, 15) is 29.2 Å². The number of nitrogens with zero attached hydrogens (tertiary/aromatic N) is 1. The molecule has 4 heterocycles. The summed E-state index contributed by atoms with van der Waals surface area (Å²) in [5, 5.41) is 21.3. The summed E-state index contributed by atoms with van der Waals surface area (Å²) in [4.78, 5) is 63.0. The molecule has 1 fully saturated rings. The van der Waals surface area contributed by atoms with E-state index < -0.39 is 17.9 Å². The summed E-state index contributed by atoms with van der Waals surface area (Å²) in [5.41, 5.74) is 5.89. The maximum absolute atomic E-state index is 12.8. The van der Waals surface area contributed by atoms with Gasteiger partial charge in [-0.05, 0) is 91.2 Å². The van der Waals surface area contributed by atoms with Crippen molar-refractivity contribution in [2.75, 3.05) is 21.3 Å². The van der Waals surface area contributed by atoms with Gasteiger partial charge in [-0.15, -0.1) is 22.7 Å². The van der Waals surface area contributed by atoms with Gasteiger partial charge < -0.3 is 24.8 Å². The molecular weight excluding hydrogens is 739 g/mol. The van der Waals surface area contributed by atoms with Gasteiger partial charge in [0.25, 0.3) is 0 Å². The number of nitriles is 1. The van der Waals surface area contributed by atoms with Crippen LogP contribution in [-0.2, 0) is 38.2 Å². The number of nitrogens with one attached hydrogen (secondary N) is 2. The Labute approximate surface area is 325 Å². The van der Waals surface area contributed by atoms with Gasteiger partial charge in [0.15, 0.2) is 11.6 Å². The number of carbonyl (C=O) groups is 5. The van der Waals surface area contributed by atoms with Gasteiger partial charge in [0.2, 0.25) is 0 Å². The van der Waals surface area contributed by atoms with Crippen molar-refractivity contribution >= 4 is 72.3 Å². The van der Waals surface area contributed by atoms with Gasteiger partial charge in [0, 0.05) is 38.9 Å². The minimum atomic E-state index is -0.835. The van der Waals surface area contributed by atoms with Crippen LogP contribution in [0, 0.1) is 17.2 Å². The largest absolute Gasteiger partial charge is 0.466 e. The molecule has 2 aromatic carbocycles. The van der Waals surface area contributed by atoms with Gasteiger partial charge in [-0.25, -0.2) is 14.4 Å². The first kappa shape index (κ1) is 38.9. The number of allylic oxidation sites excluding steroid dienone is 5. The number of hydrogen-bond donors (Lipinski definition) is 2. The fourth-order valence-electron chi connectivity index (χ4n) is 7.47. The molecule has 2 N–H and O–H groups in total. The van der Waals surface area contributed by atoms with E-state index in [0.29, 0.717) is 39.5 Å². The standard InChI is InChI=1S/C21H18N2O5S.C21H21NO3S/c1-10-15(11(2)24)16(17(20(25)27-3)18(23-10)21(26)28-4)14-9-29-19-12(8-22)6-5-7-13(14)19;1-11-17(12(2)23)18(15-10-26-16-7-5-4-6-14(15)16)19(21(24)25-3)20(22-11)13-8-9-13/h5-7,9,16,23H,1-4H3;4-7,10,13,18,22H,8-9H2,1-3H3. The molecule has 2 unspecified atom stereocenters. The number of benzene rings is 2. The molecule has 0 spiro atoms. The number of thiophene rings is 2. The fraction of sp³-hybridized carbons (Fsp3) is 0.286. The van der Waals surface area contributed by atoms with Crippen molar-refractivity contribution in [3.8, 4) is 6.07 Å². The monoisotopic (exact) mass is 777 g/mol. The Balaban J connectivity index is 0.000000188. The van der Waals surface area contributed by atoms with Crippen LogP contribution in [0.3, 0.4) is 0 Å². The first-order valence-electron chi connectivity index (χ1n) is 17.4. The second kappa shape index (κ2) is 15.9. The third-order valence-corrected chi connectivity index (χ3v) is 12.0. The Morgan fingerprint density at radius 1 is 0.691 bits per heavy atom. The highest BCUT2D eigenvalue weighted by Crippen LogP contribution is 2.49. The van der Waals surface area contributed by atoms with Crippen molar-refractivity contribution in [3.05, 3.63) is 115 Å². The molecule has 55 heavy (non-hydrogen) atoms. The number of esters is 3. The Morgan fingerprint density at radius 2 is 1.24 bits per heavy atom. The van der Waals surface area contributed by atoms with Gasteiger partial charge in [-0.3, -0.25) is 9.59 Å². The minimum Gasteiger partial charge on any atom is -0.466 e. The van der Waals surface area contributed by atoms with Gasteiger partial charge in [0.05, 0.1) is 48.7 Å². The number of fused-ring (bicyclic) bond motifs is 2. The van der Waals surface area contributed by atoms with Crippen LogP contribution >= 0.6 is 22.7 Å². The highest BCUT2D eigenvalue weighted by molar-refractivity contribution is 7.17. The zero-order valence-corrected chi connectivity index (χ0v) is 33.0. The maximum atomic E-state index is 12.8. The van der Waals surface area contributed by atoms with Crippen molar-refractivity contribution in [1.82, 2.24) is 10.6 Å². The molecule has 2 aromatic heterocycles. The quantitative estimate of drug-likeness (QED) is 0.137. The molecule has 0 amide bonds. The summed E-state index contributed by atoms with van der Waals surface area (Å²) < 4.78 is 16.8. The van der Waals surface area contributed by atoms with Crippen molar-refractivity contribution < 1.29 is 38.2 Å². The molecule has 0 radical (unpaired) electrons. The van der Waals surface area contributed by atoms with E-state index in [1.807, 2.05) is 25.1 Å². The second-order valence-corrected chi connectivity index (χ2v) is 15.1. The first-order chi connectivity index (χ1) is 26.4. The molecule has 1 saturated carbocycles. The predicted octanol–water partition coefficient (Wildman–Crippen LogP) is 7.21. The first-order valence-corrected chi connectivity index (χ1v) is 19.2. The Hall–Kier alpha value is -5.84. The molecule has 3 aliphatic rings. The summed E-state index contributed by atoms with van der Waals surface area (Å²) in [5.74, 6) is -2.98. The van der Waals surface area contributed by atoms with Crippen LogP contribution in [0.15, 0.2) is 98.3 Å². The van der Waals surface area contributed by atoms with E-state index in [1.54, 1.807) is 42.7 Å². The number of hydrogen-bond acceptors (Lipinski definition) is 13. The van der Waals surface area contributed by atoms with E-state index in [-0.39, 0.29) is 34.7 Å². The Morgan fingerprint density at radius 3 is 1.84 bits per heavy atom. The van der Waals surface area contributed by atoms with Crippen molar-refractivity contribution in [3.63, 3.8) is 0 Å². The number of carbonyl (C=O) groups excluding carboxylic acids is 5. The van der Waals surface area contributed by atoms with Crippen LogP contribution in [0.1, 0.15) is 69.1 Å². The Kier molecular flexibility index (Phi) is 11.2. The maximum Gasteiger partial charge on any atom is 0.355 e. The molecule has 2 atom stereocenters. The van der Waals surface area contributed by atoms with Crippen LogP contribution in [0.4, 0.5) is 0 Å². The predicted molar refractivity (Wildman–Crippen MR) is 210 cm³/mol. The summed E-state index contributed by atoms with van der Waals surface area (Å²) >= 11 is 2.98. The van der Waals surface area contributed by atoms with Crippen LogP contribution in [0.5, 0.6) is 0 Å². The van der Waals surface area contributed by atoms with Crippen LogP contribution in [0.2, 0.25) is 0 Å². The van der Waals surface area contributed by atoms with Crippen LogP contribution < -0.4 is 10.6 Å². The van der Waals surface area contributed by atoms with Gasteiger partial charge in [-0.1, -0.05) is 30.3 Å². The van der Waals surface area contributed by atoms with Gasteiger partial charge >= 0.3 is 17.9 Å². The lowest BCUT2D eigenvalue weighted by atomic mass is 9.78. The third kappa shape index (κ3) is 7.11. The third-order valence-electron chi connectivity index (χ3n) is 9.98. The van der Waals surface area contributed by atoms with Crippen LogP contribution in [0.25, 0.3) is 20.2 Å². The van der Waals surface area contributed by atoms with E-state index in [2.05, 4.69) is 34.2 Å². The summed E-state index contributed by atoms with van der Waals surface area (Å²) in [7, 11) is 3.82. The molecule has 4 aromatic rings. The van der Waals surface area contributed by atoms with E-state index in [4.69, 9.17) is 14.2 Å². The van der Waals surface area contributed by atoms with Crippen molar-refractivity contribution in [1.29, 1.82) is 5.26 Å². The summed E-state index contributed by atoms with van der Waals surface area (Å²) in [6.45, 7) is 6.56. The fourth-order valence-corrected chi connectivity index (χ4v) is 9.52. The van der Waals surface area contributed by atoms with E-state index in [0.717, 1.165) is 50.0 Å². The zero-order valence-electron chi connectivity index (χ0n) is 31.4. The summed E-state index contributed by atoms with van der Waals surface area (Å²) in [6, 6.07) is 15.5. The second-order valence-electron chi connectivity index (χ2n) is 13.3. The van der Waals surface area contributed by atoms with Gasteiger partial charge in [0.1, 0.15) is 11.8 Å². The van der Waals surface area contributed by atoms with Crippen LogP contribution in [-0.4, -0.2) is 50.8 Å². The lowest BCUT2D eigenvalue weighted by molar-refractivity contribution is -0.140. The molecule has 7 rings (SSSR count). The molecule has 11 nitrogen and oxygen atoms in total. The minimum absolute atomic E-state index is 0.00258. The number of ketones is 2. The van der Waals surface area contributed by atoms with Gasteiger partial charge in [-0.2, -0.15) is 5.26 Å². The number of ether oxygens (including phenoxy) is 3. The number of dihydropyridines is 2. The average molecular weight is 778 g/mol. The molecule has 0 bridgehead atoms. The Bertz CT molecular complexity index is 2470. The highest BCUT2D eigenvalue weighted by atomic mass is 32.1. The normalized spacial score (nSPS) is 18.2. The van der Waals surface area contributed by atoms with Crippen molar-refractivity contribution in [2.45, 2.75) is 52.4 Å². The molecule has 282 valence electrons. The SMILES string of the molecule is COC(=O)C1=C(C(=O)OC)C(c2csc3c(C#N)cccc23)C(C(C)=O)=C(C)N1.COC(=O)C1=C(C2CC2)NC(C)=C(C(C)=O)C1c1csc2ccccc12. The number of methoxy groups -OCH3 is 3. The van der Waals surface area contributed by atoms with E-state index in [1.165, 1.54) is 39.6 Å². The molecule has 1 aliphatic carbocycles. The summed E-state index contributed by atoms with van der Waals surface area (Å²) in [6.07, 6.45) is 2.12. The molecular formula is C42H39N3O8S2. The molecule has 2 aliphatic heterocycles. The topological polar surface area (TPSA) is 161 Å². The van der Waals surface area contributed by atoms with Crippen molar-refractivity contribution in [2.24, 2.45) is 5.92 Å². The molecule has 0 saturated heterocycles. The average Bonchev–Trinajstić information content (AvgIpc) is 3.80. The smallest absolute Gasteiger partial charge is 0.355 e. The van der Waals surface area contributed by atoms with E-state index >= 15 is 0 Å². The lowest BCUT2D eigenvalue weighted by Crippen LogP contribution is -2.35. The molecule has 13 heteroatoms.